The predicted molar refractivity (Wildman–Crippen MR) is 53.6 cm³/mol. The van der Waals surface area contributed by atoms with Crippen molar-refractivity contribution in [1.29, 1.82) is 0 Å². The van der Waals surface area contributed by atoms with Gasteiger partial charge in [-0.25, -0.2) is 0 Å². The normalized spacial score (nSPS) is 11.8. The molecule has 0 aliphatic carbocycles. The Balaban J connectivity index is 3.38. The average molecular weight is 321 g/mol. The highest BCUT2D eigenvalue weighted by atomic mass is 127. The minimum atomic E-state index is -4.49. The van der Waals surface area contributed by atoms with Crippen molar-refractivity contribution in [2.24, 2.45) is 0 Å². The molecular weight excluding hydrogens is 317 g/mol. The molecule has 72 valence electrons. The molecule has 1 rings (SSSR count). The third kappa shape index (κ3) is 2.40. The number of benzene rings is 1. The standard InChI is InChI=1S/C7H4ClF3IN/c8-4-1-3(12)2-5(13)6(4)7(9,10)11/h1-2H,13H2. The molecule has 0 amide bonds. The Morgan fingerprint density at radius 2 is 1.85 bits per heavy atom. The summed E-state index contributed by atoms with van der Waals surface area (Å²) in [6.07, 6.45) is -4.49. The van der Waals surface area contributed by atoms with Crippen molar-refractivity contribution in [2.45, 2.75) is 6.18 Å². The monoisotopic (exact) mass is 321 g/mol. The molecular formula is C7H4ClF3IN. The topological polar surface area (TPSA) is 26.0 Å². The number of hydrogen-bond donors (Lipinski definition) is 1. The molecule has 1 aromatic carbocycles. The van der Waals surface area contributed by atoms with Gasteiger partial charge in [0.15, 0.2) is 0 Å². The summed E-state index contributed by atoms with van der Waals surface area (Å²) in [6.45, 7) is 0. The SMILES string of the molecule is Nc1cc(I)cc(Cl)c1C(F)(F)F. The molecule has 0 radical (unpaired) electrons. The van der Waals surface area contributed by atoms with Crippen LogP contribution in [0.3, 0.4) is 0 Å². The van der Waals surface area contributed by atoms with Crippen molar-refractivity contribution in [1.82, 2.24) is 0 Å². The van der Waals surface area contributed by atoms with Crippen molar-refractivity contribution in [3.05, 3.63) is 26.3 Å². The maximum atomic E-state index is 12.3. The molecule has 0 bridgehead atoms. The van der Waals surface area contributed by atoms with Crippen molar-refractivity contribution >= 4 is 39.9 Å². The van der Waals surface area contributed by atoms with Crippen LogP contribution in [0.5, 0.6) is 0 Å². The van der Waals surface area contributed by atoms with Crippen molar-refractivity contribution in [2.75, 3.05) is 5.73 Å². The van der Waals surface area contributed by atoms with Crippen LogP contribution in [0.2, 0.25) is 5.02 Å². The van der Waals surface area contributed by atoms with Gasteiger partial charge in [-0.15, -0.1) is 0 Å². The number of rotatable bonds is 0. The number of halogens is 5. The van der Waals surface area contributed by atoms with E-state index in [9.17, 15) is 13.2 Å². The molecule has 0 aromatic heterocycles. The minimum absolute atomic E-state index is 0.343. The van der Waals surface area contributed by atoms with Gasteiger partial charge in [0.25, 0.3) is 0 Å². The van der Waals surface area contributed by atoms with Gasteiger partial charge in [0.2, 0.25) is 0 Å². The van der Waals surface area contributed by atoms with Crippen LogP contribution in [0.15, 0.2) is 12.1 Å². The lowest BCUT2D eigenvalue weighted by Crippen LogP contribution is -2.10. The lowest BCUT2D eigenvalue weighted by Gasteiger charge is -2.11. The number of hydrogen-bond acceptors (Lipinski definition) is 1. The van der Waals surface area contributed by atoms with Gasteiger partial charge in [-0.2, -0.15) is 13.2 Å². The number of anilines is 1. The van der Waals surface area contributed by atoms with E-state index in [1.54, 1.807) is 0 Å². The van der Waals surface area contributed by atoms with Crippen LogP contribution < -0.4 is 5.73 Å². The van der Waals surface area contributed by atoms with Gasteiger partial charge in [-0.3, -0.25) is 0 Å². The molecule has 0 unspecified atom stereocenters. The molecule has 1 nitrogen and oxygen atoms in total. The first-order chi connectivity index (χ1) is 5.82. The zero-order valence-corrected chi connectivity index (χ0v) is 9.04. The van der Waals surface area contributed by atoms with E-state index in [2.05, 4.69) is 0 Å². The van der Waals surface area contributed by atoms with Crippen LogP contribution in [0.4, 0.5) is 18.9 Å². The van der Waals surface area contributed by atoms with E-state index in [0.29, 0.717) is 3.57 Å². The Labute approximate surface area is 91.2 Å². The van der Waals surface area contributed by atoms with E-state index in [4.69, 9.17) is 17.3 Å². The fourth-order valence-electron chi connectivity index (χ4n) is 0.893. The van der Waals surface area contributed by atoms with Crippen molar-refractivity contribution in [3.63, 3.8) is 0 Å². The Kier molecular flexibility index (Phi) is 2.96. The van der Waals surface area contributed by atoms with Gasteiger partial charge in [-0.05, 0) is 34.7 Å². The molecule has 0 spiro atoms. The smallest absolute Gasteiger partial charge is 0.398 e. The van der Waals surface area contributed by atoms with Crippen LogP contribution in [-0.2, 0) is 6.18 Å². The summed E-state index contributed by atoms with van der Waals surface area (Å²) in [7, 11) is 0. The summed E-state index contributed by atoms with van der Waals surface area (Å²) < 4.78 is 37.4. The Morgan fingerprint density at radius 1 is 1.31 bits per heavy atom. The van der Waals surface area contributed by atoms with Gasteiger partial charge in [-0.1, -0.05) is 11.6 Å². The fourth-order valence-corrected chi connectivity index (χ4v) is 2.06. The summed E-state index contributed by atoms with van der Waals surface area (Å²) in [5, 5.41) is -0.364. The first kappa shape index (κ1) is 10.9. The van der Waals surface area contributed by atoms with E-state index >= 15 is 0 Å². The van der Waals surface area contributed by atoms with E-state index in [-0.39, 0.29) is 10.7 Å². The number of nitrogens with two attached hydrogens (primary N) is 1. The van der Waals surface area contributed by atoms with Crippen LogP contribution in [0, 0.1) is 3.57 Å². The molecule has 0 heterocycles. The summed E-state index contributed by atoms with van der Waals surface area (Å²) in [5.74, 6) is 0. The summed E-state index contributed by atoms with van der Waals surface area (Å²) in [4.78, 5) is 0. The zero-order chi connectivity index (χ0) is 10.2. The maximum Gasteiger partial charge on any atom is 0.419 e. The molecule has 0 saturated carbocycles. The highest BCUT2D eigenvalue weighted by Crippen LogP contribution is 2.39. The minimum Gasteiger partial charge on any atom is -0.398 e. The number of alkyl halides is 3. The van der Waals surface area contributed by atoms with E-state index in [1.165, 1.54) is 12.1 Å². The molecule has 0 aliphatic heterocycles. The van der Waals surface area contributed by atoms with Crippen LogP contribution in [0.1, 0.15) is 5.56 Å². The highest BCUT2D eigenvalue weighted by Gasteiger charge is 2.35. The van der Waals surface area contributed by atoms with E-state index in [1.807, 2.05) is 22.6 Å². The van der Waals surface area contributed by atoms with E-state index in [0.717, 1.165) is 0 Å². The first-order valence-electron chi connectivity index (χ1n) is 3.14. The summed E-state index contributed by atoms with van der Waals surface area (Å²) in [6, 6.07) is 2.45. The largest absolute Gasteiger partial charge is 0.419 e. The quantitative estimate of drug-likeness (QED) is 0.574. The maximum absolute atomic E-state index is 12.3. The second-order valence-electron chi connectivity index (χ2n) is 2.35. The lowest BCUT2D eigenvalue weighted by atomic mass is 10.2. The lowest BCUT2D eigenvalue weighted by molar-refractivity contribution is -0.136. The molecule has 2 N–H and O–H groups in total. The average Bonchev–Trinajstić information content (AvgIpc) is 1.78. The molecule has 0 saturated heterocycles. The van der Waals surface area contributed by atoms with Gasteiger partial charge in [0.05, 0.1) is 10.6 Å². The fraction of sp³-hybridized carbons (Fsp3) is 0.143. The predicted octanol–water partition coefficient (Wildman–Crippen LogP) is 3.55. The summed E-state index contributed by atoms with van der Waals surface area (Å²) >= 11 is 7.26. The second-order valence-corrected chi connectivity index (χ2v) is 4.00. The molecule has 0 aliphatic rings. The molecule has 13 heavy (non-hydrogen) atoms. The van der Waals surface area contributed by atoms with Gasteiger partial charge < -0.3 is 5.73 Å². The van der Waals surface area contributed by atoms with Crippen LogP contribution in [-0.4, -0.2) is 0 Å². The third-order valence-electron chi connectivity index (χ3n) is 1.37. The molecule has 0 atom stereocenters. The number of nitrogen functional groups attached to an aromatic ring is 1. The highest BCUT2D eigenvalue weighted by molar-refractivity contribution is 14.1. The second kappa shape index (κ2) is 3.53. The first-order valence-corrected chi connectivity index (χ1v) is 4.60. The third-order valence-corrected chi connectivity index (χ3v) is 2.29. The Morgan fingerprint density at radius 3 is 2.23 bits per heavy atom. The zero-order valence-electron chi connectivity index (χ0n) is 6.12. The van der Waals surface area contributed by atoms with Crippen molar-refractivity contribution < 1.29 is 13.2 Å². The summed E-state index contributed by atoms with van der Waals surface area (Å²) in [5.41, 5.74) is 3.89. The molecule has 6 heteroatoms. The Hall–Kier alpha value is -0.170. The van der Waals surface area contributed by atoms with Gasteiger partial charge >= 0.3 is 6.18 Å². The molecule has 1 aromatic rings. The molecule has 0 fully saturated rings. The van der Waals surface area contributed by atoms with Gasteiger partial charge in [0, 0.05) is 9.26 Å². The van der Waals surface area contributed by atoms with Crippen molar-refractivity contribution in [3.8, 4) is 0 Å². The van der Waals surface area contributed by atoms with Crippen LogP contribution in [0.25, 0.3) is 0 Å². The van der Waals surface area contributed by atoms with E-state index < -0.39 is 11.7 Å². The van der Waals surface area contributed by atoms with Gasteiger partial charge in [0.1, 0.15) is 0 Å². The Bertz CT molecular complexity index is 314. The van der Waals surface area contributed by atoms with Crippen LogP contribution >= 0.6 is 34.2 Å².